The SMILES string of the molecule is C.C.CCCN1CCc2cc(OCC)cc3c2[C@H]1Cc1ccc(O)c(OC)c1-3.[Y].[Y]. The third-order valence-corrected chi connectivity index (χ3v) is 5.61. The molecule has 0 saturated carbocycles. The molecule has 1 N–H and O–H groups in total. The number of ether oxygens (including phenoxy) is 2. The van der Waals surface area contributed by atoms with Gasteiger partial charge in [0.2, 0.25) is 0 Å². The van der Waals surface area contributed by atoms with E-state index in [4.69, 9.17) is 9.47 Å². The van der Waals surface area contributed by atoms with Crippen molar-refractivity contribution in [1.29, 1.82) is 0 Å². The van der Waals surface area contributed by atoms with Crippen molar-refractivity contribution in [3.63, 3.8) is 0 Å². The van der Waals surface area contributed by atoms with E-state index in [1.54, 1.807) is 13.2 Å². The van der Waals surface area contributed by atoms with Gasteiger partial charge in [0.25, 0.3) is 0 Å². The molecule has 0 saturated heterocycles. The Labute approximate surface area is 232 Å². The quantitative estimate of drug-likeness (QED) is 0.515. The van der Waals surface area contributed by atoms with Gasteiger partial charge in [0, 0.05) is 83.6 Å². The van der Waals surface area contributed by atoms with Crippen LogP contribution in [0.4, 0.5) is 0 Å². The van der Waals surface area contributed by atoms with Gasteiger partial charge in [-0.15, -0.1) is 0 Å². The zero-order chi connectivity index (χ0) is 18.3. The van der Waals surface area contributed by atoms with Crippen molar-refractivity contribution >= 4 is 0 Å². The van der Waals surface area contributed by atoms with E-state index in [1.165, 1.54) is 16.7 Å². The second-order valence-corrected chi connectivity index (χ2v) is 7.13. The Bertz CT molecular complexity index is 842. The summed E-state index contributed by atoms with van der Waals surface area (Å²) in [5, 5.41) is 10.3. The van der Waals surface area contributed by atoms with E-state index in [2.05, 4.69) is 24.0 Å². The summed E-state index contributed by atoms with van der Waals surface area (Å²) in [6, 6.07) is 8.53. The van der Waals surface area contributed by atoms with Gasteiger partial charge < -0.3 is 14.6 Å². The predicted octanol–water partition coefficient (Wildman–Crippen LogP) is 5.60. The third kappa shape index (κ3) is 5.31. The minimum absolute atomic E-state index is 0. The number of phenols is 1. The molecule has 2 aromatic rings. The summed E-state index contributed by atoms with van der Waals surface area (Å²) in [5.41, 5.74) is 6.19. The largest absolute Gasteiger partial charge is 0.504 e. The zero-order valence-electron chi connectivity index (χ0n) is 17.0. The van der Waals surface area contributed by atoms with Crippen LogP contribution in [0.3, 0.4) is 0 Å². The van der Waals surface area contributed by atoms with Gasteiger partial charge >= 0.3 is 0 Å². The first-order valence-corrected chi connectivity index (χ1v) is 9.60. The van der Waals surface area contributed by atoms with Crippen molar-refractivity contribution in [3.8, 4) is 28.4 Å². The first-order valence-electron chi connectivity index (χ1n) is 9.60. The Balaban J connectivity index is 0.00000210. The van der Waals surface area contributed by atoms with Crippen LogP contribution < -0.4 is 9.47 Å². The Kier molecular flexibility index (Phi) is 12.9. The molecule has 0 spiro atoms. The van der Waals surface area contributed by atoms with Gasteiger partial charge in [-0.2, -0.15) is 0 Å². The molecule has 0 aromatic heterocycles. The molecule has 2 aromatic carbocycles. The van der Waals surface area contributed by atoms with Crippen molar-refractivity contribution in [3.05, 3.63) is 41.0 Å². The van der Waals surface area contributed by atoms with E-state index in [-0.39, 0.29) is 86.0 Å². The predicted molar refractivity (Wildman–Crippen MR) is 117 cm³/mol. The van der Waals surface area contributed by atoms with Crippen molar-refractivity contribution < 1.29 is 80.0 Å². The second kappa shape index (κ2) is 12.9. The number of benzene rings is 2. The van der Waals surface area contributed by atoms with Crippen LogP contribution in [0.25, 0.3) is 11.1 Å². The van der Waals surface area contributed by atoms with E-state index in [9.17, 15) is 5.11 Å². The van der Waals surface area contributed by atoms with Crippen molar-refractivity contribution in [1.82, 2.24) is 4.90 Å². The van der Waals surface area contributed by atoms with E-state index in [0.717, 1.165) is 49.2 Å². The maximum atomic E-state index is 10.3. The van der Waals surface area contributed by atoms with Crippen LogP contribution in [0.2, 0.25) is 0 Å². The summed E-state index contributed by atoms with van der Waals surface area (Å²) in [6.07, 6.45) is 3.15. The van der Waals surface area contributed by atoms with Gasteiger partial charge in [0.15, 0.2) is 11.5 Å². The van der Waals surface area contributed by atoms with Gasteiger partial charge in [0.05, 0.1) is 13.7 Å². The minimum atomic E-state index is 0. The zero-order valence-corrected chi connectivity index (χ0v) is 22.7. The summed E-state index contributed by atoms with van der Waals surface area (Å²) in [7, 11) is 1.63. The minimum Gasteiger partial charge on any atom is -0.504 e. The first-order chi connectivity index (χ1) is 12.7. The van der Waals surface area contributed by atoms with Crippen LogP contribution in [0.15, 0.2) is 24.3 Å². The molecule has 160 valence electrons. The number of aromatic hydroxyl groups is 1. The number of nitrogens with zero attached hydrogens (tertiary/aromatic N) is 1. The van der Waals surface area contributed by atoms with Crippen LogP contribution in [-0.2, 0) is 78.3 Å². The third-order valence-electron chi connectivity index (χ3n) is 5.61. The fraction of sp³-hybridized carbons (Fsp3) is 0.500. The van der Waals surface area contributed by atoms with Gasteiger partial charge in [-0.25, -0.2) is 0 Å². The molecule has 4 rings (SSSR count). The van der Waals surface area contributed by atoms with Crippen LogP contribution >= 0.6 is 0 Å². The fourth-order valence-electron chi connectivity index (χ4n) is 4.62. The fourth-order valence-corrected chi connectivity index (χ4v) is 4.62. The van der Waals surface area contributed by atoms with Crippen LogP contribution in [-0.4, -0.2) is 36.8 Å². The maximum absolute atomic E-state index is 10.3. The van der Waals surface area contributed by atoms with Crippen molar-refractivity contribution in [2.45, 2.75) is 54.0 Å². The van der Waals surface area contributed by atoms with E-state index in [1.807, 2.05) is 13.0 Å². The summed E-state index contributed by atoms with van der Waals surface area (Å²) in [6.45, 7) is 7.10. The van der Waals surface area contributed by atoms with Crippen LogP contribution in [0.1, 0.15) is 57.9 Å². The average Bonchev–Trinajstić information content (AvgIpc) is 2.64. The van der Waals surface area contributed by atoms with Crippen LogP contribution in [0, 0.1) is 0 Å². The molecule has 0 fully saturated rings. The number of rotatable bonds is 5. The summed E-state index contributed by atoms with van der Waals surface area (Å²) < 4.78 is 11.4. The number of phenolic OH excluding ortho intramolecular Hbond substituents is 1. The number of hydrogen-bond acceptors (Lipinski definition) is 4. The molecule has 1 atom stereocenters. The van der Waals surface area contributed by atoms with Crippen molar-refractivity contribution in [2.75, 3.05) is 26.8 Å². The molecule has 1 heterocycles. The van der Waals surface area contributed by atoms with E-state index in [0.29, 0.717) is 18.4 Å². The number of fused-ring (bicyclic) bond motifs is 2. The number of hydrogen-bond donors (Lipinski definition) is 1. The summed E-state index contributed by atoms with van der Waals surface area (Å²) in [4.78, 5) is 2.61. The monoisotopic (exact) mass is 563 g/mol. The van der Waals surface area contributed by atoms with E-state index < -0.39 is 0 Å². The van der Waals surface area contributed by atoms with Gasteiger partial charge in [-0.1, -0.05) is 27.8 Å². The average molecular weight is 563 g/mol. The molecule has 2 radical (unpaired) electrons. The van der Waals surface area contributed by atoms with Gasteiger partial charge in [-0.05, 0) is 73.2 Å². The first kappa shape index (κ1) is 30.0. The summed E-state index contributed by atoms with van der Waals surface area (Å²) >= 11 is 0. The second-order valence-electron chi connectivity index (χ2n) is 7.13. The molecule has 30 heavy (non-hydrogen) atoms. The Morgan fingerprint density at radius 2 is 1.83 bits per heavy atom. The molecule has 1 aliphatic heterocycles. The van der Waals surface area contributed by atoms with Crippen molar-refractivity contribution in [2.24, 2.45) is 0 Å². The van der Waals surface area contributed by atoms with E-state index >= 15 is 0 Å². The molecule has 1 aliphatic carbocycles. The topological polar surface area (TPSA) is 41.9 Å². The molecular weight excluding hydrogens is 528 g/mol. The normalized spacial score (nSPS) is 15.8. The molecule has 0 amide bonds. The maximum Gasteiger partial charge on any atom is 0.168 e. The molecule has 0 bridgehead atoms. The van der Waals surface area contributed by atoms with Crippen LogP contribution in [0.5, 0.6) is 17.2 Å². The molecule has 4 nitrogen and oxygen atoms in total. The summed E-state index contributed by atoms with van der Waals surface area (Å²) in [5.74, 6) is 1.67. The molecule has 6 heteroatoms. The Morgan fingerprint density at radius 3 is 2.47 bits per heavy atom. The van der Waals surface area contributed by atoms with Gasteiger partial charge in [-0.3, -0.25) is 4.90 Å². The van der Waals surface area contributed by atoms with Gasteiger partial charge in [0.1, 0.15) is 5.75 Å². The smallest absolute Gasteiger partial charge is 0.168 e. The number of methoxy groups -OCH3 is 1. The Morgan fingerprint density at radius 1 is 1.10 bits per heavy atom. The molecule has 0 unspecified atom stereocenters. The Hall–Kier alpha value is 0.00779. The standard InChI is InChI=1S/C22H27NO3.2CH4.2Y/c1-4-9-23-10-8-15-11-16(26-5-2)13-17-20(15)18(23)12-14-6-7-19(24)22(25-3)21(14)17;;;;/h6-7,11,13,18,24H,4-5,8-10,12H2,1-3H3;2*1H4;;/t18-;;;;/m1..../s1. The molecule has 2 aliphatic rings. The molecular formula is C24H35NO3Y2.